The van der Waals surface area contributed by atoms with Gasteiger partial charge in [-0.3, -0.25) is 4.90 Å². The lowest BCUT2D eigenvalue weighted by Gasteiger charge is -2.30. The molecule has 23 heavy (non-hydrogen) atoms. The van der Waals surface area contributed by atoms with Crippen LogP contribution in [0.15, 0.2) is 18.2 Å². The van der Waals surface area contributed by atoms with Crippen molar-refractivity contribution >= 4 is 0 Å². The van der Waals surface area contributed by atoms with Crippen LogP contribution in [0, 0.1) is 17.0 Å². The standard InChI is InChI=1S/C16H21F2N5/c1-3-14(12-5-4-11(17)8-13(12)18)23-7-6-16(2,10-23)9-15-19-21-22-20-15/h4-5,8,14H,3,6-7,9-10H2,1-2H3,(H,19,20,21,22). The van der Waals surface area contributed by atoms with Gasteiger partial charge >= 0.3 is 0 Å². The summed E-state index contributed by atoms with van der Waals surface area (Å²) in [6, 6.07) is 3.82. The Balaban J connectivity index is 1.75. The Morgan fingerprint density at radius 3 is 2.87 bits per heavy atom. The molecule has 1 N–H and O–H groups in total. The molecular formula is C16H21F2N5. The molecule has 0 saturated carbocycles. The van der Waals surface area contributed by atoms with E-state index < -0.39 is 11.6 Å². The minimum Gasteiger partial charge on any atom is -0.296 e. The summed E-state index contributed by atoms with van der Waals surface area (Å²) in [4.78, 5) is 2.27. The van der Waals surface area contributed by atoms with Crippen molar-refractivity contribution < 1.29 is 8.78 Å². The zero-order chi connectivity index (χ0) is 16.4. The van der Waals surface area contributed by atoms with Crippen LogP contribution in [-0.4, -0.2) is 38.6 Å². The second kappa shape index (κ2) is 6.31. The molecule has 0 aliphatic carbocycles. The lowest BCUT2D eigenvalue weighted by Crippen LogP contribution is -2.30. The van der Waals surface area contributed by atoms with E-state index in [1.165, 1.54) is 6.07 Å². The number of hydrogen-bond acceptors (Lipinski definition) is 4. The maximum atomic E-state index is 14.1. The zero-order valence-corrected chi connectivity index (χ0v) is 13.4. The van der Waals surface area contributed by atoms with E-state index in [1.807, 2.05) is 6.92 Å². The number of nitrogens with zero attached hydrogens (tertiary/aromatic N) is 4. The number of nitrogens with one attached hydrogen (secondary N) is 1. The molecule has 0 bridgehead atoms. The summed E-state index contributed by atoms with van der Waals surface area (Å²) in [5, 5.41) is 14.1. The molecule has 7 heteroatoms. The first kappa shape index (κ1) is 16.0. The van der Waals surface area contributed by atoms with E-state index >= 15 is 0 Å². The van der Waals surface area contributed by atoms with Crippen LogP contribution in [-0.2, 0) is 6.42 Å². The van der Waals surface area contributed by atoms with Gasteiger partial charge in [-0.2, -0.15) is 5.21 Å². The Hall–Kier alpha value is -1.89. The number of aromatic amines is 1. The third-order valence-electron chi connectivity index (χ3n) is 4.71. The van der Waals surface area contributed by atoms with Crippen LogP contribution in [0.25, 0.3) is 0 Å². The summed E-state index contributed by atoms with van der Waals surface area (Å²) in [6.07, 6.45) is 2.50. The smallest absolute Gasteiger partial charge is 0.175 e. The molecule has 1 aromatic carbocycles. The van der Waals surface area contributed by atoms with Gasteiger partial charge in [0.05, 0.1) is 0 Å². The Labute approximate surface area is 134 Å². The fourth-order valence-electron chi connectivity index (χ4n) is 3.56. The molecule has 0 amide bonds. The van der Waals surface area contributed by atoms with Crippen molar-refractivity contribution in [1.29, 1.82) is 0 Å². The number of hydrogen-bond donors (Lipinski definition) is 1. The average Bonchev–Trinajstić information content (AvgIpc) is 3.12. The Kier molecular flexibility index (Phi) is 4.39. The highest BCUT2D eigenvalue weighted by molar-refractivity contribution is 5.22. The van der Waals surface area contributed by atoms with Gasteiger partial charge in [-0.1, -0.05) is 25.1 Å². The lowest BCUT2D eigenvalue weighted by atomic mass is 9.85. The Morgan fingerprint density at radius 1 is 1.39 bits per heavy atom. The molecule has 1 saturated heterocycles. The molecule has 0 spiro atoms. The van der Waals surface area contributed by atoms with E-state index in [-0.39, 0.29) is 11.5 Å². The van der Waals surface area contributed by atoms with Crippen molar-refractivity contribution in [2.24, 2.45) is 5.41 Å². The van der Waals surface area contributed by atoms with Crippen LogP contribution in [0.3, 0.4) is 0 Å². The summed E-state index contributed by atoms with van der Waals surface area (Å²) in [5.74, 6) is -0.302. The second-order valence-corrected chi connectivity index (χ2v) is 6.63. The minimum absolute atomic E-state index is 0.0355. The van der Waals surface area contributed by atoms with Crippen molar-refractivity contribution in [3.63, 3.8) is 0 Å². The van der Waals surface area contributed by atoms with Gasteiger partial charge in [0.15, 0.2) is 5.82 Å². The summed E-state index contributed by atoms with van der Waals surface area (Å²) in [7, 11) is 0. The maximum absolute atomic E-state index is 14.1. The van der Waals surface area contributed by atoms with Crippen molar-refractivity contribution in [2.45, 2.75) is 39.2 Å². The SMILES string of the molecule is CCC(c1ccc(F)cc1F)N1CCC(C)(Cc2nn[nH]n2)C1. The van der Waals surface area contributed by atoms with E-state index in [1.54, 1.807) is 6.07 Å². The molecule has 5 nitrogen and oxygen atoms in total. The molecule has 0 radical (unpaired) electrons. The molecule has 3 rings (SSSR count). The first-order valence-corrected chi connectivity index (χ1v) is 7.92. The predicted molar refractivity (Wildman–Crippen MR) is 81.6 cm³/mol. The van der Waals surface area contributed by atoms with Crippen molar-refractivity contribution in [3.8, 4) is 0 Å². The minimum atomic E-state index is -0.538. The molecule has 2 unspecified atom stereocenters. The number of aromatic nitrogens is 4. The Bertz CT molecular complexity index is 660. The number of likely N-dealkylation sites (tertiary alicyclic amines) is 1. The lowest BCUT2D eigenvalue weighted by molar-refractivity contribution is 0.201. The van der Waals surface area contributed by atoms with Crippen molar-refractivity contribution in [2.75, 3.05) is 13.1 Å². The van der Waals surface area contributed by atoms with E-state index in [9.17, 15) is 8.78 Å². The quantitative estimate of drug-likeness (QED) is 0.920. The van der Waals surface area contributed by atoms with Crippen LogP contribution in [0.5, 0.6) is 0 Å². The highest BCUT2D eigenvalue weighted by Gasteiger charge is 2.38. The van der Waals surface area contributed by atoms with Crippen molar-refractivity contribution in [1.82, 2.24) is 25.5 Å². The van der Waals surface area contributed by atoms with Crippen LogP contribution >= 0.6 is 0 Å². The van der Waals surface area contributed by atoms with Crippen LogP contribution in [0.4, 0.5) is 8.78 Å². The van der Waals surface area contributed by atoms with Gasteiger partial charge in [0.25, 0.3) is 0 Å². The molecule has 124 valence electrons. The van der Waals surface area contributed by atoms with Gasteiger partial charge in [-0.15, -0.1) is 10.2 Å². The predicted octanol–water partition coefficient (Wildman–Crippen LogP) is 2.88. The number of H-pyrrole nitrogens is 1. The van der Waals surface area contributed by atoms with Gasteiger partial charge in [0.1, 0.15) is 11.6 Å². The number of rotatable bonds is 5. The average molecular weight is 321 g/mol. The molecule has 2 aromatic rings. The third-order valence-corrected chi connectivity index (χ3v) is 4.71. The number of halogens is 2. The molecule has 1 fully saturated rings. The largest absolute Gasteiger partial charge is 0.296 e. The van der Waals surface area contributed by atoms with Crippen LogP contribution in [0.1, 0.15) is 44.1 Å². The summed E-state index contributed by atoms with van der Waals surface area (Å²) in [5.41, 5.74) is 0.603. The van der Waals surface area contributed by atoms with Gasteiger partial charge in [-0.05, 0) is 30.9 Å². The number of tetrazole rings is 1. The van der Waals surface area contributed by atoms with Gasteiger partial charge in [0.2, 0.25) is 0 Å². The first-order valence-electron chi connectivity index (χ1n) is 7.92. The monoisotopic (exact) mass is 321 g/mol. The third kappa shape index (κ3) is 3.39. The van der Waals surface area contributed by atoms with Crippen molar-refractivity contribution in [3.05, 3.63) is 41.2 Å². The van der Waals surface area contributed by atoms with E-state index in [2.05, 4.69) is 32.4 Å². The second-order valence-electron chi connectivity index (χ2n) is 6.63. The molecule has 1 aromatic heterocycles. The van der Waals surface area contributed by atoms with Gasteiger partial charge in [0, 0.05) is 30.6 Å². The molecule has 2 heterocycles. The summed E-state index contributed by atoms with van der Waals surface area (Å²) >= 11 is 0. The topological polar surface area (TPSA) is 57.7 Å². The van der Waals surface area contributed by atoms with E-state index in [0.717, 1.165) is 38.4 Å². The fraction of sp³-hybridized carbons (Fsp3) is 0.562. The van der Waals surface area contributed by atoms with Gasteiger partial charge < -0.3 is 0 Å². The molecule has 2 atom stereocenters. The zero-order valence-electron chi connectivity index (χ0n) is 13.4. The van der Waals surface area contributed by atoms with Gasteiger partial charge in [-0.25, -0.2) is 8.78 Å². The molecule has 1 aliphatic rings. The normalized spacial score (nSPS) is 23.3. The summed E-state index contributed by atoms with van der Waals surface area (Å²) in [6.45, 7) is 5.93. The maximum Gasteiger partial charge on any atom is 0.175 e. The highest BCUT2D eigenvalue weighted by atomic mass is 19.1. The molecular weight excluding hydrogens is 300 g/mol. The first-order chi connectivity index (χ1) is 11.0. The fourth-order valence-corrected chi connectivity index (χ4v) is 3.56. The Morgan fingerprint density at radius 2 is 2.22 bits per heavy atom. The summed E-state index contributed by atoms with van der Waals surface area (Å²) < 4.78 is 27.3. The van der Waals surface area contributed by atoms with Crippen LogP contribution in [0.2, 0.25) is 0 Å². The molecule has 1 aliphatic heterocycles. The number of benzene rings is 1. The highest BCUT2D eigenvalue weighted by Crippen LogP contribution is 2.38. The van der Waals surface area contributed by atoms with E-state index in [4.69, 9.17) is 0 Å². The van der Waals surface area contributed by atoms with Crippen LogP contribution < -0.4 is 0 Å². The van der Waals surface area contributed by atoms with E-state index in [0.29, 0.717) is 11.4 Å².